The van der Waals surface area contributed by atoms with E-state index in [0.29, 0.717) is 12.0 Å². The van der Waals surface area contributed by atoms with Gasteiger partial charge in [0, 0.05) is 0 Å². The number of carbonyl (C=O) groups excluding carboxylic acids is 4. The van der Waals surface area contributed by atoms with Gasteiger partial charge in [0.15, 0.2) is 0 Å². The molecule has 41 heavy (non-hydrogen) atoms. The van der Waals surface area contributed by atoms with Crippen LogP contribution in [0.5, 0.6) is 0 Å². The Hall–Kier alpha value is -5.24. The van der Waals surface area contributed by atoms with Crippen molar-refractivity contribution in [2.24, 2.45) is 0 Å². The van der Waals surface area contributed by atoms with Gasteiger partial charge in [-0.15, -0.1) is 0 Å². The highest BCUT2D eigenvalue weighted by Gasteiger charge is 2.44. The summed E-state index contributed by atoms with van der Waals surface area (Å²) in [5.74, 6) is -5.47. The largest absolute Gasteiger partial charge is 0.462 e. The Labute approximate surface area is 237 Å². The summed E-state index contributed by atoms with van der Waals surface area (Å²) in [7, 11) is 0. The van der Waals surface area contributed by atoms with Crippen molar-refractivity contribution in [1.29, 1.82) is 0 Å². The van der Waals surface area contributed by atoms with E-state index >= 15 is 0 Å². The van der Waals surface area contributed by atoms with Crippen LogP contribution in [0.3, 0.4) is 0 Å². The number of carbonyl (C=O) groups is 4. The lowest BCUT2D eigenvalue weighted by Gasteiger charge is -2.31. The molecule has 0 bridgehead atoms. The number of rotatable bonds is 12. The second-order valence-corrected chi connectivity index (χ2v) is 8.91. The van der Waals surface area contributed by atoms with E-state index in [1.807, 2.05) is 0 Å². The molecule has 8 heteroatoms. The second-order valence-electron chi connectivity index (χ2n) is 8.91. The predicted molar refractivity (Wildman–Crippen MR) is 149 cm³/mol. The van der Waals surface area contributed by atoms with Crippen molar-refractivity contribution in [2.75, 3.05) is 6.61 Å². The first-order valence-electron chi connectivity index (χ1n) is 13.0. The first-order valence-corrected chi connectivity index (χ1v) is 13.0. The fourth-order valence-corrected chi connectivity index (χ4v) is 3.80. The molecule has 0 N–H and O–H groups in total. The Morgan fingerprint density at radius 3 is 1.10 bits per heavy atom. The van der Waals surface area contributed by atoms with Crippen LogP contribution in [0.15, 0.2) is 121 Å². The highest BCUT2D eigenvalue weighted by molar-refractivity contribution is 5.93. The highest BCUT2D eigenvalue weighted by Crippen LogP contribution is 2.28. The molecule has 4 aromatic carbocycles. The van der Waals surface area contributed by atoms with Crippen LogP contribution >= 0.6 is 0 Å². The molecule has 0 aliphatic heterocycles. The maximum Gasteiger partial charge on any atom is 0.424 e. The van der Waals surface area contributed by atoms with Gasteiger partial charge >= 0.3 is 29.9 Å². The molecule has 0 saturated heterocycles. The number of ether oxygens (including phenoxy) is 4. The molecule has 0 amide bonds. The normalized spacial score (nSPS) is 10.7. The van der Waals surface area contributed by atoms with Crippen LogP contribution in [-0.4, -0.2) is 36.5 Å². The van der Waals surface area contributed by atoms with E-state index in [2.05, 4.69) is 0 Å². The third-order valence-electron chi connectivity index (χ3n) is 5.89. The minimum absolute atomic E-state index is 0.0374. The Kier molecular flexibility index (Phi) is 9.98. The van der Waals surface area contributed by atoms with E-state index in [0.717, 1.165) is 0 Å². The van der Waals surface area contributed by atoms with Crippen molar-refractivity contribution in [1.82, 2.24) is 0 Å². The molecule has 0 aromatic heterocycles. The molecule has 4 aromatic rings. The molecule has 0 radical (unpaired) electrons. The molecule has 0 aliphatic carbocycles. The van der Waals surface area contributed by atoms with Gasteiger partial charge in [0.1, 0.15) is 0 Å². The van der Waals surface area contributed by atoms with Crippen molar-refractivity contribution in [2.45, 2.75) is 25.2 Å². The summed E-state index contributed by atoms with van der Waals surface area (Å²) in [6, 6.07) is 32.7. The summed E-state index contributed by atoms with van der Waals surface area (Å²) in [5, 5.41) is 0. The molecule has 0 spiro atoms. The standard InChI is InChI=1S/C33H28O8/c34-29(25-15-5-1-6-16-25)38-24-14-13-23-33(39-30(35)26-17-7-2-8-18-26,40-31(36)27-19-9-3-10-20-27)41-32(37)28-21-11-4-12-22-28/h1-12,15-22H,13-14,23-24H2. The summed E-state index contributed by atoms with van der Waals surface area (Å²) < 4.78 is 22.3. The third kappa shape index (κ3) is 8.37. The Morgan fingerprint density at radius 1 is 0.439 bits per heavy atom. The van der Waals surface area contributed by atoms with Gasteiger partial charge in [-0.25, -0.2) is 19.2 Å². The lowest BCUT2D eigenvalue weighted by molar-refractivity contribution is -0.304. The van der Waals surface area contributed by atoms with Crippen molar-refractivity contribution >= 4 is 23.9 Å². The first-order chi connectivity index (χ1) is 20.0. The van der Waals surface area contributed by atoms with Gasteiger partial charge in [0.05, 0.1) is 35.3 Å². The zero-order chi connectivity index (χ0) is 28.9. The lowest BCUT2D eigenvalue weighted by Crippen LogP contribution is -2.44. The van der Waals surface area contributed by atoms with Crippen LogP contribution in [0.2, 0.25) is 0 Å². The predicted octanol–water partition coefficient (Wildman–Crippen LogP) is 6.24. The smallest absolute Gasteiger partial charge is 0.424 e. The van der Waals surface area contributed by atoms with E-state index in [-0.39, 0.29) is 36.1 Å². The van der Waals surface area contributed by atoms with Crippen LogP contribution in [0.1, 0.15) is 60.7 Å². The summed E-state index contributed by atoms with van der Waals surface area (Å²) >= 11 is 0. The summed E-state index contributed by atoms with van der Waals surface area (Å²) in [4.78, 5) is 51.8. The second kappa shape index (κ2) is 14.2. The molecular weight excluding hydrogens is 524 g/mol. The Bertz CT molecular complexity index is 1310. The Morgan fingerprint density at radius 2 is 0.756 bits per heavy atom. The first kappa shape index (κ1) is 28.8. The number of benzene rings is 4. The van der Waals surface area contributed by atoms with Gasteiger partial charge < -0.3 is 18.9 Å². The van der Waals surface area contributed by atoms with Crippen molar-refractivity contribution in [3.63, 3.8) is 0 Å². The molecular formula is C33H28O8. The van der Waals surface area contributed by atoms with Gasteiger partial charge in [-0.05, 0) is 61.4 Å². The topological polar surface area (TPSA) is 105 Å². The SMILES string of the molecule is O=C(OCCCCC(OC(=O)c1ccccc1)(OC(=O)c1ccccc1)OC(=O)c1ccccc1)c1ccccc1. The molecule has 0 unspecified atom stereocenters. The summed E-state index contributed by atoms with van der Waals surface area (Å²) in [5.41, 5.74) is 0.910. The number of hydrogen-bond acceptors (Lipinski definition) is 8. The van der Waals surface area contributed by atoms with Gasteiger partial charge in [0.25, 0.3) is 0 Å². The molecule has 0 saturated carbocycles. The van der Waals surface area contributed by atoms with Crippen LogP contribution in [0.25, 0.3) is 0 Å². The quantitative estimate of drug-likeness (QED) is 0.116. The maximum atomic E-state index is 13.2. The number of unbranched alkanes of at least 4 members (excludes halogenated alkanes) is 1. The third-order valence-corrected chi connectivity index (χ3v) is 5.89. The van der Waals surface area contributed by atoms with Crippen LogP contribution in [0, 0.1) is 0 Å². The number of esters is 4. The van der Waals surface area contributed by atoms with Gasteiger partial charge in [-0.2, -0.15) is 0 Å². The minimum Gasteiger partial charge on any atom is -0.462 e. The lowest BCUT2D eigenvalue weighted by atomic mass is 10.2. The van der Waals surface area contributed by atoms with E-state index in [1.54, 1.807) is 84.9 Å². The van der Waals surface area contributed by atoms with Crippen molar-refractivity contribution in [3.05, 3.63) is 144 Å². The fourth-order valence-electron chi connectivity index (χ4n) is 3.80. The van der Waals surface area contributed by atoms with E-state index in [4.69, 9.17) is 18.9 Å². The Balaban J connectivity index is 1.56. The van der Waals surface area contributed by atoms with Gasteiger partial charge in [0.2, 0.25) is 0 Å². The molecule has 8 nitrogen and oxygen atoms in total. The minimum atomic E-state index is -2.41. The maximum absolute atomic E-state index is 13.2. The van der Waals surface area contributed by atoms with Gasteiger partial charge in [-0.1, -0.05) is 72.8 Å². The summed E-state index contributed by atoms with van der Waals surface area (Å²) in [6.07, 6.45) is 0.287. The van der Waals surface area contributed by atoms with Gasteiger partial charge in [-0.3, -0.25) is 0 Å². The molecule has 0 heterocycles. The van der Waals surface area contributed by atoms with E-state index in [9.17, 15) is 19.2 Å². The molecule has 0 aliphatic rings. The van der Waals surface area contributed by atoms with Crippen molar-refractivity contribution in [3.8, 4) is 0 Å². The molecule has 0 atom stereocenters. The van der Waals surface area contributed by atoms with E-state index < -0.39 is 29.9 Å². The molecule has 0 fully saturated rings. The van der Waals surface area contributed by atoms with Crippen LogP contribution < -0.4 is 0 Å². The zero-order valence-electron chi connectivity index (χ0n) is 22.1. The van der Waals surface area contributed by atoms with Crippen LogP contribution in [0.4, 0.5) is 0 Å². The van der Waals surface area contributed by atoms with Crippen molar-refractivity contribution < 1.29 is 38.1 Å². The monoisotopic (exact) mass is 552 g/mol. The molecule has 4 rings (SSSR count). The molecule has 208 valence electrons. The number of hydrogen-bond donors (Lipinski definition) is 0. The highest BCUT2D eigenvalue weighted by atomic mass is 16.9. The fraction of sp³-hybridized carbons (Fsp3) is 0.152. The average molecular weight is 553 g/mol. The average Bonchev–Trinajstić information content (AvgIpc) is 3.02. The van der Waals surface area contributed by atoms with Crippen LogP contribution in [-0.2, 0) is 18.9 Å². The van der Waals surface area contributed by atoms with E-state index in [1.165, 1.54) is 36.4 Å². The zero-order valence-corrected chi connectivity index (χ0v) is 22.1. The summed E-state index contributed by atoms with van der Waals surface area (Å²) in [6.45, 7) is 0.0374.